The van der Waals surface area contributed by atoms with Gasteiger partial charge in [0.1, 0.15) is 11.1 Å². The van der Waals surface area contributed by atoms with Crippen molar-refractivity contribution in [1.82, 2.24) is 0 Å². The SMILES string of the molecule is Cc1sc(NC(=O)c2ccccc2)c(C#N)c1C. The first-order valence-electron chi connectivity index (χ1n) is 5.50. The molecule has 4 heteroatoms. The fraction of sp³-hybridized carbons (Fsp3) is 0.143. The molecule has 3 nitrogen and oxygen atoms in total. The normalized spacial score (nSPS) is 9.83. The second-order valence-electron chi connectivity index (χ2n) is 3.92. The van der Waals surface area contributed by atoms with Gasteiger partial charge in [-0.05, 0) is 31.5 Å². The van der Waals surface area contributed by atoms with Crippen molar-refractivity contribution in [1.29, 1.82) is 5.26 Å². The van der Waals surface area contributed by atoms with Gasteiger partial charge in [0.05, 0.1) is 5.56 Å². The first-order valence-corrected chi connectivity index (χ1v) is 6.31. The predicted octanol–water partition coefficient (Wildman–Crippen LogP) is 3.49. The van der Waals surface area contributed by atoms with Crippen molar-refractivity contribution < 1.29 is 4.79 Å². The summed E-state index contributed by atoms with van der Waals surface area (Å²) in [6.45, 7) is 3.83. The summed E-state index contributed by atoms with van der Waals surface area (Å²) in [6, 6.07) is 11.1. The van der Waals surface area contributed by atoms with Crippen LogP contribution in [0.3, 0.4) is 0 Å². The Kier molecular flexibility index (Phi) is 3.45. The topological polar surface area (TPSA) is 52.9 Å². The molecule has 0 aliphatic rings. The van der Waals surface area contributed by atoms with Gasteiger partial charge in [-0.3, -0.25) is 4.79 Å². The molecule has 0 aliphatic carbocycles. The number of nitrogens with one attached hydrogen (secondary N) is 1. The van der Waals surface area contributed by atoms with Gasteiger partial charge in [-0.25, -0.2) is 0 Å². The Morgan fingerprint density at radius 3 is 2.56 bits per heavy atom. The van der Waals surface area contributed by atoms with Gasteiger partial charge in [0.15, 0.2) is 0 Å². The quantitative estimate of drug-likeness (QED) is 0.894. The van der Waals surface area contributed by atoms with Crippen LogP contribution in [-0.4, -0.2) is 5.91 Å². The zero-order valence-corrected chi connectivity index (χ0v) is 11.0. The molecular weight excluding hydrogens is 244 g/mol. The Balaban J connectivity index is 2.28. The Hall–Kier alpha value is -2.12. The minimum atomic E-state index is -0.187. The Morgan fingerprint density at radius 1 is 1.28 bits per heavy atom. The largest absolute Gasteiger partial charge is 0.312 e. The molecular formula is C14H12N2OS. The molecule has 1 amide bonds. The fourth-order valence-corrected chi connectivity index (χ4v) is 2.62. The van der Waals surface area contributed by atoms with Crippen molar-refractivity contribution in [2.24, 2.45) is 0 Å². The van der Waals surface area contributed by atoms with Gasteiger partial charge in [-0.2, -0.15) is 5.26 Å². The summed E-state index contributed by atoms with van der Waals surface area (Å²) in [7, 11) is 0. The molecule has 1 aromatic carbocycles. The third-order valence-corrected chi connectivity index (χ3v) is 3.88. The number of hydrogen-bond acceptors (Lipinski definition) is 3. The number of thiophene rings is 1. The second-order valence-corrected chi connectivity index (χ2v) is 5.14. The van der Waals surface area contributed by atoms with Crippen LogP contribution in [0.2, 0.25) is 0 Å². The van der Waals surface area contributed by atoms with Crippen LogP contribution in [-0.2, 0) is 0 Å². The van der Waals surface area contributed by atoms with Crippen molar-refractivity contribution in [2.45, 2.75) is 13.8 Å². The van der Waals surface area contributed by atoms with Gasteiger partial charge >= 0.3 is 0 Å². The van der Waals surface area contributed by atoms with Gasteiger partial charge in [0, 0.05) is 10.4 Å². The fourth-order valence-electron chi connectivity index (χ4n) is 1.61. The molecule has 0 atom stereocenters. The van der Waals surface area contributed by atoms with E-state index in [0.29, 0.717) is 16.1 Å². The molecule has 18 heavy (non-hydrogen) atoms. The highest BCUT2D eigenvalue weighted by Crippen LogP contribution is 2.31. The number of carbonyl (C=O) groups is 1. The summed E-state index contributed by atoms with van der Waals surface area (Å²) in [5, 5.41) is 12.5. The first kappa shape index (κ1) is 12.3. The molecule has 0 aliphatic heterocycles. The Bertz CT molecular complexity index is 623. The Morgan fingerprint density at radius 2 is 1.94 bits per heavy atom. The van der Waals surface area contributed by atoms with Crippen LogP contribution in [0.15, 0.2) is 30.3 Å². The van der Waals surface area contributed by atoms with Crippen LogP contribution < -0.4 is 5.32 Å². The van der Waals surface area contributed by atoms with Crippen molar-refractivity contribution in [3.8, 4) is 6.07 Å². The molecule has 0 spiro atoms. The number of nitrogens with zero attached hydrogens (tertiary/aromatic N) is 1. The average Bonchev–Trinajstić information content (AvgIpc) is 2.65. The molecule has 2 aromatic rings. The molecule has 0 bridgehead atoms. The third kappa shape index (κ3) is 2.27. The standard InChI is InChI=1S/C14H12N2OS/c1-9-10(2)18-14(12(9)8-15)16-13(17)11-6-4-3-5-7-11/h3-7H,1-2H3,(H,16,17). The van der Waals surface area contributed by atoms with Crippen LogP contribution in [0.5, 0.6) is 0 Å². The zero-order chi connectivity index (χ0) is 13.1. The summed E-state index contributed by atoms with van der Waals surface area (Å²) in [5.41, 5.74) is 2.08. The van der Waals surface area contributed by atoms with Gasteiger partial charge in [-0.1, -0.05) is 18.2 Å². The van der Waals surface area contributed by atoms with Crippen LogP contribution in [0.4, 0.5) is 5.00 Å². The molecule has 0 saturated carbocycles. The van der Waals surface area contributed by atoms with Crippen LogP contribution in [0.25, 0.3) is 0 Å². The van der Waals surface area contributed by atoms with Gasteiger partial charge in [-0.15, -0.1) is 11.3 Å². The van der Waals surface area contributed by atoms with Crippen molar-refractivity contribution >= 4 is 22.2 Å². The van der Waals surface area contributed by atoms with E-state index in [9.17, 15) is 4.79 Å². The van der Waals surface area contributed by atoms with Crippen LogP contribution in [0, 0.1) is 25.2 Å². The highest BCUT2D eigenvalue weighted by molar-refractivity contribution is 7.16. The number of carbonyl (C=O) groups excluding carboxylic acids is 1. The van der Waals surface area contributed by atoms with Gasteiger partial charge in [0.2, 0.25) is 0 Å². The predicted molar refractivity (Wildman–Crippen MR) is 72.9 cm³/mol. The summed E-state index contributed by atoms with van der Waals surface area (Å²) >= 11 is 1.43. The van der Waals surface area contributed by atoms with E-state index in [4.69, 9.17) is 5.26 Å². The van der Waals surface area contributed by atoms with Crippen LogP contribution in [0.1, 0.15) is 26.4 Å². The molecule has 1 heterocycles. The van der Waals surface area contributed by atoms with E-state index in [1.807, 2.05) is 32.0 Å². The summed E-state index contributed by atoms with van der Waals surface area (Å²) in [5.74, 6) is -0.187. The number of hydrogen-bond donors (Lipinski definition) is 1. The van der Waals surface area contributed by atoms with E-state index >= 15 is 0 Å². The Labute approximate surface area is 110 Å². The molecule has 0 unspecified atom stereocenters. The molecule has 1 aromatic heterocycles. The maximum Gasteiger partial charge on any atom is 0.256 e. The lowest BCUT2D eigenvalue weighted by molar-refractivity contribution is 0.102. The summed E-state index contributed by atoms with van der Waals surface area (Å²) in [6.07, 6.45) is 0. The minimum absolute atomic E-state index is 0.187. The number of anilines is 1. The molecule has 90 valence electrons. The summed E-state index contributed by atoms with van der Waals surface area (Å²) in [4.78, 5) is 13.0. The monoisotopic (exact) mass is 256 g/mol. The van der Waals surface area contributed by atoms with Crippen LogP contribution >= 0.6 is 11.3 Å². The van der Waals surface area contributed by atoms with Crippen molar-refractivity contribution in [3.63, 3.8) is 0 Å². The zero-order valence-electron chi connectivity index (χ0n) is 10.2. The first-order chi connectivity index (χ1) is 8.63. The molecule has 0 fully saturated rings. The number of amides is 1. The van der Waals surface area contributed by atoms with E-state index in [1.54, 1.807) is 12.1 Å². The number of aryl methyl sites for hydroxylation is 1. The van der Waals surface area contributed by atoms with E-state index in [1.165, 1.54) is 11.3 Å². The number of rotatable bonds is 2. The lowest BCUT2D eigenvalue weighted by Crippen LogP contribution is -2.11. The van der Waals surface area contributed by atoms with E-state index in [-0.39, 0.29) is 5.91 Å². The van der Waals surface area contributed by atoms with Gasteiger partial charge in [0.25, 0.3) is 5.91 Å². The third-order valence-electron chi connectivity index (χ3n) is 2.76. The molecule has 0 saturated heterocycles. The number of nitriles is 1. The average molecular weight is 256 g/mol. The lowest BCUT2D eigenvalue weighted by Gasteiger charge is -2.02. The maximum atomic E-state index is 12.0. The van der Waals surface area contributed by atoms with E-state index in [2.05, 4.69) is 11.4 Å². The highest BCUT2D eigenvalue weighted by Gasteiger charge is 2.15. The summed E-state index contributed by atoms with van der Waals surface area (Å²) < 4.78 is 0. The molecule has 1 N–H and O–H groups in total. The maximum absolute atomic E-state index is 12.0. The highest BCUT2D eigenvalue weighted by atomic mass is 32.1. The molecule has 2 rings (SSSR count). The van der Waals surface area contributed by atoms with E-state index < -0.39 is 0 Å². The number of benzene rings is 1. The lowest BCUT2D eigenvalue weighted by atomic mass is 10.2. The van der Waals surface area contributed by atoms with Crippen molar-refractivity contribution in [2.75, 3.05) is 5.32 Å². The van der Waals surface area contributed by atoms with E-state index in [0.717, 1.165) is 10.4 Å². The van der Waals surface area contributed by atoms with Gasteiger partial charge < -0.3 is 5.32 Å². The second kappa shape index (κ2) is 5.03. The smallest absolute Gasteiger partial charge is 0.256 e. The minimum Gasteiger partial charge on any atom is -0.312 e. The van der Waals surface area contributed by atoms with Crippen molar-refractivity contribution in [3.05, 3.63) is 51.9 Å². The molecule has 0 radical (unpaired) electrons.